The third kappa shape index (κ3) is 2.82. The first-order valence-electron chi connectivity index (χ1n) is 6.10. The molecule has 6 heteroatoms. The van der Waals surface area contributed by atoms with Gasteiger partial charge in [0.1, 0.15) is 0 Å². The molecule has 2 rings (SSSR count). The number of carbonyl (C=O) groups is 1. The normalized spacial score (nSPS) is 18.9. The lowest BCUT2D eigenvalue weighted by molar-refractivity contribution is 0.0909. The number of aromatic amines is 1. The van der Waals surface area contributed by atoms with E-state index in [4.69, 9.17) is 5.73 Å². The summed E-state index contributed by atoms with van der Waals surface area (Å²) in [6, 6.07) is 0. The second kappa shape index (κ2) is 5.27. The number of nitrogens with one attached hydrogen (secondary N) is 2. The van der Waals surface area contributed by atoms with Crippen LogP contribution in [0.3, 0.4) is 0 Å². The molecule has 1 heterocycles. The predicted octanol–water partition coefficient (Wildman–Crippen LogP) is 0.444. The SMILES string of the molecule is NCC1(CNC(=O)c2cn[nH]n2)CCCCC1. The minimum Gasteiger partial charge on any atom is -0.350 e. The fraction of sp³-hybridized carbons (Fsp3) is 0.727. The summed E-state index contributed by atoms with van der Waals surface area (Å²) in [5, 5.41) is 12.7. The Bertz CT molecular complexity index is 356. The van der Waals surface area contributed by atoms with E-state index in [0.29, 0.717) is 18.8 Å². The minimum absolute atomic E-state index is 0.0810. The van der Waals surface area contributed by atoms with Gasteiger partial charge >= 0.3 is 0 Å². The monoisotopic (exact) mass is 237 g/mol. The highest BCUT2D eigenvalue weighted by Crippen LogP contribution is 2.34. The number of nitrogens with two attached hydrogens (primary N) is 1. The summed E-state index contributed by atoms with van der Waals surface area (Å²) in [6.07, 6.45) is 7.31. The Balaban J connectivity index is 1.89. The Hall–Kier alpha value is -1.43. The molecular formula is C11H19N5O. The Kier molecular flexibility index (Phi) is 3.73. The van der Waals surface area contributed by atoms with Crippen molar-refractivity contribution in [1.82, 2.24) is 20.7 Å². The third-order valence-electron chi connectivity index (χ3n) is 3.62. The summed E-state index contributed by atoms with van der Waals surface area (Å²) >= 11 is 0. The van der Waals surface area contributed by atoms with E-state index >= 15 is 0 Å². The predicted molar refractivity (Wildman–Crippen MR) is 63.3 cm³/mol. The van der Waals surface area contributed by atoms with Crippen molar-refractivity contribution in [1.29, 1.82) is 0 Å². The summed E-state index contributed by atoms with van der Waals surface area (Å²) in [4.78, 5) is 11.7. The zero-order valence-corrected chi connectivity index (χ0v) is 9.91. The second-order valence-corrected chi connectivity index (χ2v) is 4.80. The van der Waals surface area contributed by atoms with Crippen molar-refractivity contribution in [2.24, 2.45) is 11.1 Å². The number of rotatable bonds is 4. The molecule has 1 aliphatic carbocycles. The van der Waals surface area contributed by atoms with Gasteiger partial charge in [0, 0.05) is 6.54 Å². The van der Waals surface area contributed by atoms with Crippen molar-refractivity contribution >= 4 is 5.91 Å². The smallest absolute Gasteiger partial charge is 0.273 e. The first-order chi connectivity index (χ1) is 8.26. The second-order valence-electron chi connectivity index (χ2n) is 4.80. The van der Waals surface area contributed by atoms with E-state index in [1.54, 1.807) is 0 Å². The maximum Gasteiger partial charge on any atom is 0.273 e. The van der Waals surface area contributed by atoms with Crippen LogP contribution >= 0.6 is 0 Å². The average molecular weight is 237 g/mol. The Morgan fingerprint density at radius 1 is 1.47 bits per heavy atom. The molecule has 94 valence electrons. The molecule has 1 fully saturated rings. The highest BCUT2D eigenvalue weighted by molar-refractivity contribution is 5.91. The number of H-pyrrole nitrogens is 1. The quantitative estimate of drug-likeness (QED) is 0.708. The molecule has 0 atom stereocenters. The molecule has 1 amide bonds. The molecule has 1 aromatic heterocycles. The van der Waals surface area contributed by atoms with Gasteiger partial charge in [-0.2, -0.15) is 15.4 Å². The van der Waals surface area contributed by atoms with E-state index < -0.39 is 0 Å². The van der Waals surface area contributed by atoms with Crippen molar-refractivity contribution in [2.75, 3.05) is 13.1 Å². The number of carbonyl (C=O) groups excluding carboxylic acids is 1. The molecule has 17 heavy (non-hydrogen) atoms. The van der Waals surface area contributed by atoms with Gasteiger partial charge in [0.25, 0.3) is 5.91 Å². The molecule has 0 radical (unpaired) electrons. The van der Waals surface area contributed by atoms with Crippen LogP contribution in [0.1, 0.15) is 42.6 Å². The number of hydrogen-bond donors (Lipinski definition) is 3. The number of aromatic nitrogens is 3. The largest absolute Gasteiger partial charge is 0.350 e. The number of nitrogens with zero attached hydrogens (tertiary/aromatic N) is 2. The maximum atomic E-state index is 11.7. The lowest BCUT2D eigenvalue weighted by atomic mass is 9.74. The van der Waals surface area contributed by atoms with Gasteiger partial charge < -0.3 is 11.1 Å². The number of hydrogen-bond acceptors (Lipinski definition) is 4. The molecule has 4 N–H and O–H groups in total. The number of amides is 1. The van der Waals surface area contributed by atoms with Gasteiger partial charge in [0.05, 0.1) is 6.20 Å². The zero-order chi connectivity index (χ0) is 12.1. The van der Waals surface area contributed by atoms with Crippen molar-refractivity contribution in [3.05, 3.63) is 11.9 Å². The molecule has 1 aliphatic rings. The van der Waals surface area contributed by atoms with Gasteiger partial charge in [0.15, 0.2) is 5.69 Å². The summed E-state index contributed by atoms with van der Waals surface area (Å²) in [6.45, 7) is 1.27. The summed E-state index contributed by atoms with van der Waals surface area (Å²) < 4.78 is 0. The van der Waals surface area contributed by atoms with Gasteiger partial charge in [0.2, 0.25) is 0 Å². The molecule has 1 saturated carbocycles. The fourth-order valence-electron chi connectivity index (χ4n) is 2.42. The van der Waals surface area contributed by atoms with E-state index in [-0.39, 0.29) is 11.3 Å². The van der Waals surface area contributed by atoms with Gasteiger partial charge in [-0.05, 0) is 24.8 Å². The summed E-state index contributed by atoms with van der Waals surface area (Å²) in [5.41, 5.74) is 6.27. The third-order valence-corrected chi connectivity index (χ3v) is 3.62. The van der Waals surface area contributed by atoms with E-state index in [0.717, 1.165) is 12.8 Å². The van der Waals surface area contributed by atoms with E-state index in [1.807, 2.05) is 0 Å². The van der Waals surface area contributed by atoms with Gasteiger partial charge in [-0.3, -0.25) is 4.79 Å². The van der Waals surface area contributed by atoms with Gasteiger partial charge in [-0.25, -0.2) is 0 Å². The molecule has 0 aliphatic heterocycles. The minimum atomic E-state index is -0.183. The van der Waals surface area contributed by atoms with Crippen LogP contribution in [0.5, 0.6) is 0 Å². The van der Waals surface area contributed by atoms with E-state index in [2.05, 4.69) is 20.7 Å². The molecule has 0 aromatic carbocycles. The molecule has 0 spiro atoms. The maximum absolute atomic E-state index is 11.7. The molecule has 6 nitrogen and oxygen atoms in total. The molecule has 1 aromatic rings. The zero-order valence-electron chi connectivity index (χ0n) is 9.91. The molecule has 0 saturated heterocycles. The Morgan fingerprint density at radius 3 is 2.82 bits per heavy atom. The van der Waals surface area contributed by atoms with Crippen LogP contribution in [0, 0.1) is 5.41 Å². The van der Waals surface area contributed by atoms with Crippen LogP contribution in [-0.4, -0.2) is 34.4 Å². The first-order valence-corrected chi connectivity index (χ1v) is 6.10. The van der Waals surface area contributed by atoms with Crippen LogP contribution in [0.15, 0.2) is 6.20 Å². The summed E-state index contributed by atoms with van der Waals surface area (Å²) in [7, 11) is 0. The topological polar surface area (TPSA) is 96.7 Å². The fourth-order valence-corrected chi connectivity index (χ4v) is 2.42. The van der Waals surface area contributed by atoms with Crippen LogP contribution in [0.4, 0.5) is 0 Å². The Morgan fingerprint density at radius 2 is 2.24 bits per heavy atom. The van der Waals surface area contributed by atoms with Gasteiger partial charge in [-0.15, -0.1) is 0 Å². The molecule has 0 unspecified atom stereocenters. The summed E-state index contributed by atoms with van der Waals surface area (Å²) in [5.74, 6) is -0.183. The standard InChI is InChI=1S/C11H19N5O/c12-7-11(4-2-1-3-5-11)8-13-10(17)9-6-14-16-15-9/h6H,1-5,7-8,12H2,(H,13,17)(H,14,15,16). The highest BCUT2D eigenvalue weighted by Gasteiger charge is 2.31. The van der Waals surface area contributed by atoms with Crippen LogP contribution in [0.25, 0.3) is 0 Å². The van der Waals surface area contributed by atoms with Crippen LogP contribution < -0.4 is 11.1 Å². The van der Waals surface area contributed by atoms with E-state index in [9.17, 15) is 4.79 Å². The highest BCUT2D eigenvalue weighted by atomic mass is 16.1. The van der Waals surface area contributed by atoms with Crippen LogP contribution in [-0.2, 0) is 0 Å². The lowest BCUT2D eigenvalue weighted by Gasteiger charge is -2.36. The Labute approximate surface area is 100 Å². The van der Waals surface area contributed by atoms with Crippen LogP contribution in [0.2, 0.25) is 0 Å². The average Bonchev–Trinajstić information content (AvgIpc) is 2.91. The van der Waals surface area contributed by atoms with Crippen molar-refractivity contribution in [2.45, 2.75) is 32.1 Å². The van der Waals surface area contributed by atoms with Crippen molar-refractivity contribution in [3.8, 4) is 0 Å². The van der Waals surface area contributed by atoms with E-state index in [1.165, 1.54) is 25.5 Å². The molecular weight excluding hydrogens is 218 g/mol. The van der Waals surface area contributed by atoms with Crippen molar-refractivity contribution in [3.63, 3.8) is 0 Å². The molecule has 0 bridgehead atoms. The van der Waals surface area contributed by atoms with Crippen molar-refractivity contribution < 1.29 is 4.79 Å². The van der Waals surface area contributed by atoms with Gasteiger partial charge in [-0.1, -0.05) is 19.3 Å². The lowest BCUT2D eigenvalue weighted by Crippen LogP contribution is -2.43. The first kappa shape index (κ1) is 12.0.